The van der Waals surface area contributed by atoms with E-state index in [0.29, 0.717) is 18.6 Å². The van der Waals surface area contributed by atoms with E-state index < -0.39 is 0 Å². The molecule has 0 saturated heterocycles. The van der Waals surface area contributed by atoms with Gasteiger partial charge in [0.25, 0.3) is 0 Å². The molecular weight excluding hydrogens is 356 g/mol. The minimum absolute atomic E-state index is 0. The Morgan fingerprint density at radius 2 is 1.33 bits per heavy atom. The summed E-state index contributed by atoms with van der Waals surface area (Å²) in [6.45, 7) is 6.85. The van der Waals surface area contributed by atoms with Crippen LogP contribution in [0.2, 0.25) is 0 Å². The summed E-state index contributed by atoms with van der Waals surface area (Å²) in [5.74, 6) is 0.163. The Bertz CT molecular complexity index is 578. The monoisotopic (exact) mass is 392 g/mol. The first-order valence-electron chi connectivity index (χ1n) is 10.7. The van der Waals surface area contributed by atoms with E-state index in [9.17, 15) is 4.79 Å². The van der Waals surface area contributed by atoms with E-state index in [1.165, 1.54) is 69.8 Å². The van der Waals surface area contributed by atoms with Crippen LogP contribution in [-0.2, 0) is 4.79 Å². The van der Waals surface area contributed by atoms with Crippen molar-refractivity contribution in [1.29, 1.82) is 0 Å². The maximum absolute atomic E-state index is 12.9. The lowest BCUT2D eigenvalue weighted by Crippen LogP contribution is -2.48. The van der Waals surface area contributed by atoms with E-state index in [-0.39, 0.29) is 18.3 Å². The van der Waals surface area contributed by atoms with Gasteiger partial charge in [-0.25, -0.2) is 0 Å². The Labute approximate surface area is 171 Å². The zero-order valence-electron chi connectivity index (χ0n) is 17.4. The van der Waals surface area contributed by atoms with E-state index in [0.717, 1.165) is 16.8 Å². The molecule has 0 heterocycles. The highest BCUT2D eigenvalue weighted by Gasteiger charge is 2.30. The van der Waals surface area contributed by atoms with Crippen LogP contribution < -0.4 is 5.32 Å². The van der Waals surface area contributed by atoms with Crippen LogP contribution in [-0.4, -0.2) is 29.4 Å². The van der Waals surface area contributed by atoms with E-state index in [1.54, 1.807) is 0 Å². The van der Waals surface area contributed by atoms with E-state index >= 15 is 0 Å². The normalized spacial score (nSPS) is 19.0. The third-order valence-corrected chi connectivity index (χ3v) is 6.36. The summed E-state index contributed by atoms with van der Waals surface area (Å²) >= 11 is 0. The maximum atomic E-state index is 12.9. The molecule has 2 aliphatic rings. The molecule has 1 aromatic carbocycles. The fraction of sp³-hybridized carbons (Fsp3) is 0.696. The third-order valence-electron chi connectivity index (χ3n) is 6.36. The van der Waals surface area contributed by atoms with Crippen molar-refractivity contribution in [2.75, 3.05) is 11.9 Å². The quantitative estimate of drug-likeness (QED) is 0.672. The first kappa shape index (κ1) is 22.2. The molecule has 2 saturated carbocycles. The minimum atomic E-state index is 0. The summed E-state index contributed by atoms with van der Waals surface area (Å²) < 4.78 is 0. The van der Waals surface area contributed by atoms with Gasteiger partial charge >= 0.3 is 0 Å². The largest absolute Gasteiger partial charge is 0.324 e. The molecule has 0 aromatic heterocycles. The van der Waals surface area contributed by atoms with Gasteiger partial charge in [0.2, 0.25) is 5.91 Å². The molecule has 2 fully saturated rings. The number of rotatable bonds is 5. The molecule has 0 aliphatic heterocycles. The van der Waals surface area contributed by atoms with Gasteiger partial charge in [-0.3, -0.25) is 9.69 Å². The SMILES string of the molecule is Cc1cc(C)c(NC(=O)CN(C2CCCCC2)C2CCCCC2)c(C)c1.Cl. The summed E-state index contributed by atoms with van der Waals surface area (Å²) in [7, 11) is 0. The van der Waals surface area contributed by atoms with Crippen LogP contribution >= 0.6 is 12.4 Å². The van der Waals surface area contributed by atoms with Crippen LogP contribution in [0.3, 0.4) is 0 Å². The maximum Gasteiger partial charge on any atom is 0.238 e. The lowest BCUT2D eigenvalue weighted by Gasteiger charge is -2.41. The summed E-state index contributed by atoms with van der Waals surface area (Å²) in [6, 6.07) is 5.53. The molecule has 0 bridgehead atoms. The molecule has 3 nitrogen and oxygen atoms in total. The van der Waals surface area contributed by atoms with Gasteiger partial charge < -0.3 is 5.32 Å². The number of benzene rings is 1. The van der Waals surface area contributed by atoms with Crippen molar-refractivity contribution < 1.29 is 4.79 Å². The first-order chi connectivity index (χ1) is 12.5. The van der Waals surface area contributed by atoms with Crippen LogP contribution in [0.4, 0.5) is 5.69 Å². The van der Waals surface area contributed by atoms with Gasteiger partial charge in [-0.15, -0.1) is 12.4 Å². The summed E-state index contributed by atoms with van der Waals surface area (Å²) in [4.78, 5) is 15.5. The number of aryl methyl sites for hydroxylation is 3. The van der Waals surface area contributed by atoms with E-state index in [4.69, 9.17) is 0 Å². The first-order valence-corrected chi connectivity index (χ1v) is 10.7. The Hall–Kier alpha value is -1.06. The Morgan fingerprint density at radius 3 is 1.78 bits per heavy atom. The van der Waals surface area contributed by atoms with Crippen molar-refractivity contribution in [2.24, 2.45) is 0 Å². The number of hydrogen-bond donors (Lipinski definition) is 1. The van der Waals surface area contributed by atoms with Gasteiger partial charge in [-0.1, -0.05) is 56.2 Å². The van der Waals surface area contributed by atoms with Gasteiger partial charge in [0, 0.05) is 17.8 Å². The molecule has 0 atom stereocenters. The molecule has 2 aliphatic carbocycles. The Morgan fingerprint density at radius 1 is 0.889 bits per heavy atom. The Kier molecular flexibility index (Phi) is 8.62. The molecule has 152 valence electrons. The lowest BCUT2D eigenvalue weighted by molar-refractivity contribution is -0.119. The molecule has 3 rings (SSSR count). The minimum Gasteiger partial charge on any atom is -0.324 e. The average molecular weight is 393 g/mol. The second kappa shape index (κ2) is 10.5. The molecule has 1 amide bonds. The summed E-state index contributed by atoms with van der Waals surface area (Å²) in [5.41, 5.74) is 4.59. The third kappa shape index (κ3) is 5.96. The highest BCUT2D eigenvalue weighted by Crippen LogP contribution is 2.30. The predicted octanol–water partition coefficient (Wildman–Crippen LogP) is 5.94. The van der Waals surface area contributed by atoms with Crippen molar-refractivity contribution in [2.45, 2.75) is 97.1 Å². The highest BCUT2D eigenvalue weighted by molar-refractivity contribution is 5.93. The number of hydrogen-bond acceptors (Lipinski definition) is 2. The van der Waals surface area contributed by atoms with Gasteiger partial charge in [-0.2, -0.15) is 0 Å². The topological polar surface area (TPSA) is 32.3 Å². The van der Waals surface area contributed by atoms with Crippen molar-refractivity contribution >= 4 is 24.0 Å². The zero-order valence-corrected chi connectivity index (χ0v) is 18.2. The van der Waals surface area contributed by atoms with Gasteiger partial charge in [0.15, 0.2) is 0 Å². The molecule has 1 aromatic rings. The van der Waals surface area contributed by atoms with Crippen LogP contribution in [0.25, 0.3) is 0 Å². The number of amides is 1. The van der Waals surface area contributed by atoms with Crippen molar-refractivity contribution in [3.63, 3.8) is 0 Å². The molecule has 4 heteroatoms. The molecular formula is C23H37ClN2O. The lowest BCUT2D eigenvalue weighted by atomic mass is 9.88. The second-order valence-electron chi connectivity index (χ2n) is 8.58. The van der Waals surface area contributed by atoms with Crippen LogP contribution in [0.1, 0.15) is 80.9 Å². The smallest absolute Gasteiger partial charge is 0.238 e. The van der Waals surface area contributed by atoms with Gasteiger partial charge in [0.1, 0.15) is 0 Å². The number of nitrogens with zero attached hydrogens (tertiary/aromatic N) is 1. The fourth-order valence-electron chi connectivity index (χ4n) is 5.10. The predicted molar refractivity (Wildman–Crippen MR) is 117 cm³/mol. The number of anilines is 1. The number of halogens is 1. The summed E-state index contributed by atoms with van der Waals surface area (Å²) in [6.07, 6.45) is 13.1. The molecule has 1 N–H and O–H groups in total. The fourth-order valence-corrected chi connectivity index (χ4v) is 5.10. The molecule has 27 heavy (non-hydrogen) atoms. The number of nitrogens with one attached hydrogen (secondary N) is 1. The van der Waals surface area contributed by atoms with Crippen molar-refractivity contribution in [3.8, 4) is 0 Å². The van der Waals surface area contributed by atoms with Gasteiger partial charge in [0.05, 0.1) is 6.54 Å². The van der Waals surface area contributed by atoms with Crippen LogP contribution in [0, 0.1) is 20.8 Å². The highest BCUT2D eigenvalue weighted by atomic mass is 35.5. The van der Waals surface area contributed by atoms with Gasteiger partial charge in [-0.05, 0) is 57.6 Å². The average Bonchev–Trinajstić information content (AvgIpc) is 2.64. The van der Waals surface area contributed by atoms with Crippen molar-refractivity contribution in [1.82, 2.24) is 4.90 Å². The Balaban J connectivity index is 0.00000261. The second-order valence-corrected chi connectivity index (χ2v) is 8.58. The molecule has 0 radical (unpaired) electrons. The zero-order chi connectivity index (χ0) is 18.5. The van der Waals surface area contributed by atoms with E-state index in [2.05, 4.69) is 43.1 Å². The van der Waals surface area contributed by atoms with Crippen LogP contribution in [0.15, 0.2) is 12.1 Å². The number of carbonyl (C=O) groups is 1. The standard InChI is InChI=1S/C23H36N2O.ClH/c1-17-14-18(2)23(19(3)15-17)24-22(26)16-25(20-10-6-4-7-11-20)21-12-8-5-9-13-21;/h14-15,20-21H,4-13,16H2,1-3H3,(H,24,26);1H. The molecule has 0 unspecified atom stereocenters. The van der Waals surface area contributed by atoms with E-state index in [1.807, 2.05) is 0 Å². The number of carbonyl (C=O) groups excluding carboxylic acids is 1. The van der Waals surface area contributed by atoms with Crippen LogP contribution in [0.5, 0.6) is 0 Å². The van der Waals surface area contributed by atoms with Crippen molar-refractivity contribution in [3.05, 3.63) is 28.8 Å². The summed E-state index contributed by atoms with van der Waals surface area (Å²) in [5, 5.41) is 3.23. The molecule has 0 spiro atoms.